The number of nitrogens with zero attached hydrogens (tertiary/aromatic N) is 1. The van der Waals surface area contributed by atoms with Crippen molar-refractivity contribution < 1.29 is 17.9 Å². The fourth-order valence-corrected chi connectivity index (χ4v) is 5.28. The monoisotopic (exact) mass is 444 g/mol. The van der Waals surface area contributed by atoms with Gasteiger partial charge in [0.25, 0.3) is 0 Å². The zero-order chi connectivity index (χ0) is 22.6. The van der Waals surface area contributed by atoms with Crippen molar-refractivity contribution in [1.82, 2.24) is 5.32 Å². The smallest absolute Gasteiger partial charge is 0.244 e. The van der Waals surface area contributed by atoms with Gasteiger partial charge in [-0.25, -0.2) is 8.42 Å². The van der Waals surface area contributed by atoms with Crippen LogP contribution in [0.15, 0.2) is 42.5 Å². The number of fused-ring (bicyclic) bond motifs is 1. The zero-order valence-corrected chi connectivity index (χ0v) is 19.5. The fourth-order valence-electron chi connectivity index (χ4n) is 4.10. The summed E-state index contributed by atoms with van der Waals surface area (Å²) < 4.78 is 31.6. The molecule has 0 fully saturated rings. The number of sulfonamides is 1. The Kier molecular flexibility index (Phi) is 7.26. The van der Waals surface area contributed by atoms with E-state index >= 15 is 0 Å². The lowest BCUT2D eigenvalue weighted by Crippen LogP contribution is -2.48. The van der Waals surface area contributed by atoms with E-state index in [0.717, 1.165) is 29.0 Å². The lowest BCUT2D eigenvalue weighted by Gasteiger charge is -2.29. The first kappa shape index (κ1) is 23.1. The Morgan fingerprint density at radius 3 is 2.32 bits per heavy atom. The van der Waals surface area contributed by atoms with E-state index in [1.54, 1.807) is 31.2 Å². The zero-order valence-electron chi connectivity index (χ0n) is 18.7. The van der Waals surface area contributed by atoms with Crippen molar-refractivity contribution in [3.8, 4) is 5.75 Å². The highest BCUT2D eigenvalue weighted by molar-refractivity contribution is 7.92. The lowest BCUT2D eigenvalue weighted by molar-refractivity contribution is -0.122. The first-order valence-electron chi connectivity index (χ1n) is 10.8. The van der Waals surface area contributed by atoms with Crippen LogP contribution in [0.1, 0.15) is 56.3 Å². The first-order valence-corrected chi connectivity index (χ1v) is 12.7. The van der Waals surface area contributed by atoms with Crippen LogP contribution >= 0.6 is 0 Å². The van der Waals surface area contributed by atoms with Gasteiger partial charge in [-0.15, -0.1) is 0 Å². The Morgan fingerprint density at radius 2 is 1.71 bits per heavy atom. The van der Waals surface area contributed by atoms with Crippen molar-refractivity contribution in [2.24, 2.45) is 0 Å². The molecule has 31 heavy (non-hydrogen) atoms. The highest BCUT2D eigenvalue weighted by Crippen LogP contribution is 2.26. The molecule has 6 nitrogen and oxygen atoms in total. The molecule has 2 atom stereocenters. The summed E-state index contributed by atoms with van der Waals surface area (Å²) in [5.41, 5.74) is 4.20. The lowest BCUT2D eigenvalue weighted by atomic mass is 9.89. The molecule has 0 bridgehead atoms. The summed E-state index contributed by atoms with van der Waals surface area (Å²) in [7, 11) is -3.67. The molecule has 0 unspecified atom stereocenters. The summed E-state index contributed by atoms with van der Waals surface area (Å²) >= 11 is 0. The molecular formula is C24H32N2O4S. The van der Waals surface area contributed by atoms with Gasteiger partial charge in [0.15, 0.2) is 0 Å². The third-order valence-electron chi connectivity index (χ3n) is 5.72. The van der Waals surface area contributed by atoms with Crippen LogP contribution in [-0.4, -0.2) is 33.2 Å². The van der Waals surface area contributed by atoms with Gasteiger partial charge in [-0.05, 0) is 87.4 Å². The molecule has 2 aromatic rings. The standard InChI is InChI=1S/C24H32N2O4S/c1-5-30-23-14-12-22(13-15-23)26(31(4,28)29)18(3)24(27)25-17(2)20-11-10-19-8-6-7-9-21(19)16-20/h10-18H,5-9H2,1-4H3,(H,25,27)/t17-,18-/m1/s1. The molecule has 1 aliphatic carbocycles. The highest BCUT2D eigenvalue weighted by Gasteiger charge is 2.30. The maximum absolute atomic E-state index is 13.0. The maximum Gasteiger partial charge on any atom is 0.244 e. The van der Waals surface area contributed by atoms with Crippen LogP contribution in [0.3, 0.4) is 0 Å². The predicted octanol–water partition coefficient (Wildman–Crippen LogP) is 4.00. The van der Waals surface area contributed by atoms with Gasteiger partial charge < -0.3 is 10.1 Å². The van der Waals surface area contributed by atoms with Gasteiger partial charge in [0.2, 0.25) is 15.9 Å². The molecule has 0 saturated heterocycles. The molecule has 0 saturated carbocycles. The predicted molar refractivity (Wildman–Crippen MR) is 124 cm³/mol. The summed E-state index contributed by atoms with van der Waals surface area (Å²) in [6.45, 7) is 5.94. The van der Waals surface area contributed by atoms with Crippen LogP contribution in [0.25, 0.3) is 0 Å². The van der Waals surface area contributed by atoms with Crippen molar-refractivity contribution >= 4 is 21.6 Å². The number of aryl methyl sites for hydroxylation is 2. The minimum absolute atomic E-state index is 0.219. The van der Waals surface area contributed by atoms with Crippen LogP contribution in [0.4, 0.5) is 5.69 Å². The Bertz CT molecular complexity index is 1020. The number of carbonyl (C=O) groups excluding carboxylic acids is 1. The van der Waals surface area contributed by atoms with Gasteiger partial charge in [-0.1, -0.05) is 18.2 Å². The van der Waals surface area contributed by atoms with Crippen molar-refractivity contribution in [3.05, 3.63) is 59.2 Å². The largest absolute Gasteiger partial charge is 0.494 e. The average molecular weight is 445 g/mol. The van der Waals surface area contributed by atoms with E-state index in [2.05, 4.69) is 23.5 Å². The third kappa shape index (κ3) is 5.58. The van der Waals surface area contributed by atoms with Crippen molar-refractivity contribution in [3.63, 3.8) is 0 Å². The maximum atomic E-state index is 13.0. The molecule has 0 spiro atoms. The molecule has 2 aromatic carbocycles. The van der Waals surface area contributed by atoms with Crippen molar-refractivity contribution in [1.29, 1.82) is 0 Å². The molecule has 0 heterocycles. The van der Waals surface area contributed by atoms with E-state index in [4.69, 9.17) is 4.74 Å². The number of rotatable bonds is 8. The SMILES string of the molecule is CCOc1ccc(N([C@H](C)C(=O)N[C@H](C)c2ccc3c(c2)CCCC3)S(C)(=O)=O)cc1. The third-order valence-corrected chi connectivity index (χ3v) is 6.96. The van der Waals surface area contributed by atoms with Gasteiger partial charge in [-0.3, -0.25) is 9.10 Å². The summed E-state index contributed by atoms with van der Waals surface area (Å²) in [6, 6.07) is 12.0. The first-order chi connectivity index (χ1) is 14.7. The van der Waals surface area contributed by atoms with Gasteiger partial charge in [0.05, 0.1) is 24.6 Å². The second kappa shape index (κ2) is 9.73. The van der Waals surface area contributed by atoms with Crippen molar-refractivity contribution in [2.75, 3.05) is 17.2 Å². The molecular weight excluding hydrogens is 412 g/mol. The van der Waals surface area contributed by atoms with Gasteiger partial charge in [0.1, 0.15) is 11.8 Å². The van der Waals surface area contributed by atoms with E-state index in [1.807, 2.05) is 13.8 Å². The van der Waals surface area contributed by atoms with Crippen LogP contribution < -0.4 is 14.4 Å². The van der Waals surface area contributed by atoms with Crippen LogP contribution in [0, 0.1) is 0 Å². The van der Waals surface area contributed by atoms with E-state index in [1.165, 1.54) is 24.0 Å². The molecule has 1 aliphatic rings. The van der Waals surface area contributed by atoms with Gasteiger partial charge in [-0.2, -0.15) is 0 Å². The van der Waals surface area contributed by atoms with E-state index in [0.29, 0.717) is 18.0 Å². The molecule has 0 radical (unpaired) electrons. The Hall–Kier alpha value is -2.54. The number of anilines is 1. The second-order valence-electron chi connectivity index (χ2n) is 8.13. The summed E-state index contributed by atoms with van der Waals surface area (Å²) in [5.74, 6) is 0.308. The molecule has 3 rings (SSSR count). The minimum Gasteiger partial charge on any atom is -0.494 e. The minimum atomic E-state index is -3.67. The Labute approximate surface area is 185 Å². The van der Waals surface area contributed by atoms with Crippen LogP contribution in [-0.2, 0) is 27.7 Å². The summed E-state index contributed by atoms with van der Waals surface area (Å²) in [4.78, 5) is 13.0. The number of hydrogen-bond acceptors (Lipinski definition) is 4. The molecule has 1 amide bonds. The van der Waals surface area contributed by atoms with Crippen molar-refractivity contribution in [2.45, 2.75) is 58.5 Å². The topological polar surface area (TPSA) is 75.7 Å². The Morgan fingerprint density at radius 1 is 1.06 bits per heavy atom. The second-order valence-corrected chi connectivity index (χ2v) is 9.99. The summed E-state index contributed by atoms with van der Waals surface area (Å²) in [6.07, 6.45) is 5.71. The Balaban J connectivity index is 1.76. The van der Waals surface area contributed by atoms with Crippen LogP contribution in [0.2, 0.25) is 0 Å². The number of carbonyl (C=O) groups is 1. The molecule has 7 heteroatoms. The fraction of sp³-hybridized carbons (Fsp3) is 0.458. The van der Waals surface area contributed by atoms with Gasteiger partial charge in [0, 0.05) is 0 Å². The number of amides is 1. The number of hydrogen-bond donors (Lipinski definition) is 1. The number of ether oxygens (including phenoxy) is 1. The van der Waals surface area contributed by atoms with E-state index in [-0.39, 0.29) is 11.9 Å². The summed E-state index contributed by atoms with van der Waals surface area (Å²) in [5, 5.41) is 2.99. The average Bonchev–Trinajstić information content (AvgIpc) is 2.74. The highest BCUT2D eigenvalue weighted by atomic mass is 32.2. The van der Waals surface area contributed by atoms with E-state index in [9.17, 15) is 13.2 Å². The normalized spacial score (nSPS) is 15.5. The van der Waals surface area contributed by atoms with Crippen LogP contribution in [0.5, 0.6) is 5.75 Å². The van der Waals surface area contributed by atoms with Gasteiger partial charge >= 0.3 is 0 Å². The molecule has 0 aliphatic heterocycles. The molecule has 168 valence electrons. The molecule has 0 aromatic heterocycles. The number of benzene rings is 2. The molecule has 1 N–H and O–H groups in total. The number of nitrogens with one attached hydrogen (secondary N) is 1. The van der Waals surface area contributed by atoms with E-state index < -0.39 is 16.1 Å². The quantitative estimate of drug-likeness (QED) is 0.668.